The van der Waals surface area contributed by atoms with E-state index in [0.717, 1.165) is 16.2 Å². The van der Waals surface area contributed by atoms with Crippen LogP contribution in [0.2, 0.25) is 0 Å². The lowest BCUT2D eigenvalue weighted by atomic mass is 9.88. The van der Waals surface area contributed by atoms with Crippen LogP contribution in [0.3, 0.4) is 0 Å². The van der Waals surface area contributed by atoms with E-state index in [-0.39, 0.29) is 18.6 Å². The predicted molar refractivity (Wildman–Crippen MR) is 124 cm³/mol. The van der Waals surface area contributed by atoms with Crippen molar-refractivity contribution in [3.8, 4) is 0 Å². The number of likely N-dealkylation sites (N-methyl/N-ethyl adjacent to an activating group) is 1. The van der Waals surface area contributed by atoms with Gasteiger partial charge in [-0.05, 0) is 38.7 Å². The molecule has 1 aliphatic heterocycles. The molecule has 1 atom stereocenters. The van der Waals surface area contributed by atoms with E-state index in [0.29, 0.717) is 29.0 Å². The number of nitrogens with two attached hydrogens (primary N) is 1. The smallest absolute Gasteiger partial charge is 0.340 e. The minimum atomic E-state index is -0.447. The first-order valence-electron chi connectivity index (χ1n) is 9.90. The summed E-state index contributed by atoms with van der Waals surface area (Å²) in [5, 5.41) is -0.323. The summed E-state index contributed by atoms with van der Waals surface area (Å²) in [5.74, 6) is -0.215. The average Bonchev–Trinajstić information content (AvgIpc) is 2.74. The summed E-state index contributed by atoms with van der Waals surface area (Å²) in [6, 6.07) is 7.76. The second-order valence-electron chi connectivity index (χ2n) is 6.51. The Labute approximate surface area is 187 Å². The highest BCUT2D eigenvalue weighted by Crippen LogP contribution is 2.44. The van der Waals surface area contributed by atoms with Crippen LogP contribution in [-0.2, 0) is 19.1 Å². The number of carbonyl (C=O) groups excluding carboxylic acids is 2. The van der Waals surface area contributed by atoms with Crippen molar-refractivity contribution in [3.63, 3.8) is 0 Å². The van der Waals surface area contributed by atoms with Gasteiger partial charge in [-0.25, -0.2) is 9.59 Å². The molecule has 0 saturated heterocycles. The fourth-order valence-electron chi connectivity index (χ4n) is 3.36. The number of rotatable bonds is 9. The van der Waals surface area contributed by atoms with Gasteiger partial charge in [-0.1, -0.05) is 18.2 Å². The van der Waals surface area contributed by atoms with E-state index in [1.54, 1.807) is 37.4 Å². The van der Waals surface area contributed by atoms with Gasteiger partial charge in [-0.3, -0.25) is 0 Å². The summed E-state index contributed by atoms with van der Waals surface area (Å²) in [6.45, 7) is 6.40. The van der Waals surface area contributed by atoms with Crippen molar-refractivity contribution in [3.05, 3.63) is 46.7 Å². The van der Waals surface area contributed by atoms with Crippen molar-refractivity contribution >= 4 is 41.0 Å². The molecule has 0 amide bonds. The van der Waals surface area contributed by atoms with Crippen LogP contribution in [0.25, 0.3) is 5.57 Å². The van der Waals surface area contributed by atoms with E-state index in [1.807, 2.05) is 49.4 Å². The summed E-state index contributed by atoms with van der Waals surface area (Å²) in [4.78, 5) is 29.2. The van der Waals surface area contributed by atoms with Gasteiger partial charge in [0.15, 0.2) is 0 Å². The second-order valence-corrected chi connectivity index (χ2v) is 8.55. The van der Waals surface area contributed by atoms with E-state index in [1.165, 1.54) is 0 Å². The number of allylic oxidation sites excluding steroid dienone is 1. The number of carbonyl (C=O) groups is 2. The molecule has 0 aliphatic carbocycles. The van der Waals surface area contributed by atoms with Crippen LogP contribution in [0.1, 0.15) is 26.3 Å². The van der Waals surface area contributed by atoms with Crippen LogP contribution in [0.15, 0.2) is 46.0 Å². The van der Waals surface area contributed by atoms with Gasteiger partial charge in [0.2, 0.25) is 0 Å². The summed E-state index contributed by atoms with van der Waals surface area (Å²) in [5.41, 5.74) is 8.76. The minimum absolute atomic E-state index is 0.245. The zero-order chi connectivity index (χ0) is 22.3. The number of ether oxygens (including phenoxy) is 2. The number of hydrogen-bond acceptors (Lipinski definition) is 8. The van der Waals surface area contributed by atoms with Crippen LogP contribution in [-0.4, -0.2) is 61.0 Å². The van der Waals surface area contributed by atoms with Crippen molar-refractivity contribution in [2.75, 3.05) is 38.8 Å². The van der Waals surface area contributed by atoms with Gasteiger partial charge in [-0.2, -0.15) is 0 Å². The normalized spacial score (nSPS) is 16.7. The molecule has 0 aromatic heterocycles. The summed E-state index contributed by atoms with van der Waals surface area (Å²) in [6.07, 6.45) is 1.97. The Hall–Kier alpha value is -1.90. The van der Waals surface area contributed by atoms with Crippen molar-refractivity contribution in [2.24, 2.45) is 5.73 Å². The molecule has 0 spiro atoms. The lowest BCUT2D eigenvalue weighted by molar-refractivity contribution is -0.138. The Bertz CT molecular complexity index is 851. The number of thioether (sulfide) groups is 2. The molecule has 30 heavy (non-hydrogen) atoms. The molecule has 6 nitrogen and oxygen atoms in total. The topological polar surface area (TPSA) is 81.9 Å². The van der Waals surface area contributed by atoms with Gasteiger partial charge < -0.3 is 20.1 Å². The number of hydrogen-bond donors (Lipinski definition) is 1. The Kier molecular flexibility index (Phi) is 9.33. The van der Waals surface area contributed by atoms with Crippen LogP contribution >= 0.6 is 23.5 Å². The maximum Gasteiger partial charge on any atom is 0.340 e. The van der Waals surface area contributed by atoms with E-state index in [4.69, 9.17) is 15.2 Å². The van der Waals surface area contributed by atoms with Crippen molar-refractivity contribution < 1.29 is 19.1 Å². The van der Waals surface area contributed by atoms with Gasteiger partial charge in [0.25, 0.3) is 0 Å². The molecule has 1 aliphatic rings. The SMILES string of the molecule is CCOC(=O)C1=C(C)N(C)C(SCCN)C(C(=O)OCC)=C1c1ccccc1SC. The highest BCUT2D eigenvalue weighted by molar-refractivity contribution is 8.00. The quantitative estimate of drug-likeness (QED) is 0.452. The molecular formula is C22H30N2O4S2. The summed E-state index contributed by atoms with van der Waals surface area (Å²) < 4.78 is 10.8. The van der Waals surface area contributed by atoms with Crippen LogP contribution in [0, 0.1) is 0 Å². The number of nitrogens with zero attached hydrogens (tertiary/aromatic N) is 1. The first-order chi connectivity index (χ1) is 14.4. The van der Waals surface area contributed by atoms with Gasteiger partial charge in [-0.15, -0.1) is 23.5 Å². The first-order valence-corrected chi connectivity index (χ1v) is 12.2. The Morgan fingerprint density at radius 3 is 2.37 bits per heavy atom. The fraction of sp³-hybridized carbons (Fsp3) is 0.455. The maximum atomic E-state index is 13.2. The highest BCUT2D eigenvalue weighted by Gasteiger charge is 2.40. The zero-order valence-electron chi connectivity index (χ0n) is 18.2. The van der Waals surface area contributed by atoms with E-state index in [2.05, 4.69) is 0 Å². The standard InChI is InChI=1S/C22H30N2O4S2/c1-6-27-21(25)17-14(3)24(4)20(30-13-12-23)19(22(26)28-7-2)18(17)15-10-8-9-11-16(15)29-5/h8-11,20H,6-7,12-13,23H2,1-5H3. The van der Waals surface area contributed by atoms with Crippen molar-refractivity contribution in [1.82, 2.24) is 4.90 Å². The molecule has 8 heteroatoms. The molecule has 1 heterocycles. The molecular weight excluding hydrogens is 420 g/mol. The molecule has 2 N–H and O–H groups in total. The molecule has 0 bridgehead atoms. The Morgan fingerprint density at radius 2 is 1.77 bits per heavy atom. The van der Waals surface area contributed by atoms with Gasteiger partial charge in [0, 0.05) is 35.5 Å². The zero-order valence-corrected chi connectivity index (χ0v) is 19.8. The first kappa shape index (κ1) is 24.4. The van der Waals surface area contributed by atoms with Gasteiger partial charge in [0.05, 0.1) is 24.4 Å². The molecule has 0 radical (unpaired) electrons. The monoisotopic (exact) mass is 450 g/mol. The third kappa shape index (κ3) is 5.04. The molecule has 1 aromatic carbocycles. The largest absolute Gasteiger partial charge is 0.463 e. The maximum absolute atomic E-state index is 13.2. The summed E-state index contributed by atoms with van der Waals surface area (Å²) in [7, 11) is 1.87. The summed E-state index contributed by atoms with van der Waals surface area (Å²) >= 11 is 3.12. The van der Waals surface area contributed by atoms with Crippen LogP contribution < -0.4 is 5.73 Å². The van der Waals surface area contributed by atoms with Crippen LogP contribution in [0.5, 0.6) is 0 Å². The highest BCUT2D eigenvalue weighted by atomic mass is 32.2. The fourth-order valence-corrected chi connectivity index (χ4v) is 5.08. The Balaban J connectivity index is 2.88. The van der Waals surface area contributed by atoms with E-state index < -0.39 is 11.9 Å². The number of esters is 2. The lowest BCUT2D eigenvalue weighted by Gasteiger charge is -2.38. The van der Waals surface area contributed by atoms with E-state index in [9.17, 15) is 9.59 Å². The second kappa shape index (κ2) is 11.5. The molecule has 1 aromatic rings. The van der Waals surface area contributed by atoms with Crippen LogP contribution in [0.4, 0.5) is 0 Å². The molecule has 1 unspecified atom stereocenters. The van der Waals surface area contributed by atoms with Gasteiger partial charge in [0.1, 0.15) is 5.37 Å². The lowest BCUT2D eigenvalue weighted by Crippen LogP contribution is -2.39. The molecule has 0 fully saturated rings. The Morgan fingerprint density at radius 1 is 1.13 bits per heavy atom. The van der Waals surface area contributed by atoms with Crippen molar-refractivity contribution in [1.29, 1.82) is 0 Å². The molecule has 0 saturated carbocycles. The number of benzene rings is 1. The molecule has 2 rings (SSSR count). The third-order valence-corrected chi connectivity index (χ3v) is 6.89. The predicted octanol–water partition coefficient (Wildman–Crippen LogP) is 3.53. The average molecular weight is 451 g/mol. The van der Waals surface area contributed by atoms with Gasteiger partial charge >= 0.3 is 11.9 Å². The molecule has 164 valence electrons. The third-order valence-electron chi connectivity index (χ3n) is 4.75. The van der Waals surface area contributed by atoms with Crippen molar-refractivity contribution in [2.45, 2.75) is 31.0 Å². The van der Waals surface area contributed by atoms with E-state index >= 15 is 0 Å². The minimum Gasteiger partial charge on any atom is -0.463 e.